The number of methoxy groups -OCH3 is 1. The number of nitrogens with one attached hydrogen (secondary N) is 1. The zero-order chi connectivity index (χ0) is 24.6. The van der Waals surface area contributed by atoms with Crippen molar-refractivity contribution in [1.82, 2.24) is 15.2 Å². The molecule has 3 N–H and O–H groups in total. The Kier molecular flexibility index (Phi) is 8.58. The number of hydrogen-bond acceptors (Lipinski definition) is 5. The molecule has 8 nitrogen and oxygen atoms in total. The van der Waals surface area contributed by atoms with Crippen LogP contribution in [0.5, 0.6) is 5.88 Å². The summed E-state index contributed by atoms with van der Waals surface area (Å²) in [6.07, 6.45) is 10.8. The van der Waals surface area contributed by atoms with Crippen LogP contribution in [-0.2, 0) is 9.53 Å². The van der Waals surface area contributed by atoms with Crippen LogP contribution < -0.4 is 15.8 Å². The highest BCUT2D eigenvalue weighted by molar-refractivity contribution is 5.86. The van der Waals surface area contributed by atoms with E-state index in [1.807, 2.05) is 30.3 Å². The third-order valence-corrected chi connectivity index (χ3v) is 6.97. The second-order valence-corrected chi connectivity index (χ2v) is 9.43. The highest BCUT2D eigenvalue weighted by Gasteiger charge is 2.33. The summed E-state index contributed by atoms with van der Waals surface area (Å²) in [4.78, 5) is 30.8. The fraction of sp³-hybridized carbons (Fsp3) is 0.519. The Labute approximate surface area is 206 Å². The maximum absolute atomic E-state index is 12.7. The van der Waals surface area contributed by atoms with Crippen molar-refractivity contribution in [2.24, 2.45) is 11.7 Å². The van der Waals surface area contributed by atoms with Crippen LogP contribution in [0, 0.1) is 5.92 Å². The summed E-state index contributed by atoms with van der Waals surface area (Å²) in [5.41, 5.74) is 7.43. The van der Waals surface area contributed by atoms with E-state index in [9.17, 15) is 9.59 Å². The number of primary amides is 1. The molecule has 4 rings (SSSR count). The number of para-hydroxylation sites is 1. The molecule has 0 radical (unpaired) electrons. The normalized spacial score (nSPS) is 19.5. The summed E-state index contributed by atoms with van der Waals surface area (Å²) in [5.74, 6) is 0.332. The minimum Gasteiger partial charge on any atom is -0.481 e. The van der Waals surface area contributed by atoms with Gasteiger partial charge in [0, 0.05) is 30.6 Å². The van der Waals surface area contributed by atoms with Crippen LogP contribution in [0.2, 0.25) is 0 Å². The number of nitrogens with two attached hydrogens (primary N) is 1. The average Bonchev–Trinajstić information content (AvgIpc) is 3.56. The first-order valence-corrected chi connectivity index (χ1v) is 12.6. The Hall–Kier alpha value is -3.13. The molecule has 2 aromatic rings. The second kappa shape index (κ2) is 12.0. The number of hydrogen-bond donors (Lipinski definition) is 2. The number of likely N-dealkylation sites (tertiary alicyclic amines) is 1. The smallest absolute Gasteiger partial charge is 0.318 e. The molecule has 8 heteroatoms. The van der Waals surface area contributed by atoms with Gasteiger partial charge in [-0.05, 0) is 50.2 Å². The maximum Gasteiger partial charge on any atom is 0.318 e. The number of fused-ring (bicyclic) bond motifs is 1. The molecule has 2 aliphatic rings. The van der Waals surface area contributed by atoms with Gasteiger partial charge in [0.05, 0.1) is 18.7 Å². The number of carbonyl (C=O) groups is 2. The van der Waals surface area contributed by atoms with E-state index in [0.717, 1.165) is 61.4 Å². The van der Waals surface area contributed by atoms with Crippen molar-refractivity contribution in [2.75, 3.05) is 26.8 Å². The van der Waals surface area contributed by atoms with Crippen molar-refractivity contribution in [3.8, 4) is 5.88 Å². The Morgan fingerprint density at radius 2 is 2.06 bits per heavy atom. The van der Waals surface area contributed by atoms with Crippen molar-refractivity contribution >= 4 is 28.9 Å². The number of nitrogens with zero attached hydrogens (tertiary/aromatic N) is 2. The minimum atomic E-state index is -0.576. The molecule has 0 unspecified atom stereocenters. The number of aromatic nitrogens is 1. The zero-order valence-corrected chi connectivity index (χ0v) is 20.4. The molecule has 35 heavy (non-hydrogen) atoms. The topological polar surface area (TPSA) is 107 Å². The van der Waals surface area contributed by atoms with E-state index in [-0.39, 0.29) is 18.1 Å². The number of pyridine rings is 1. The van der Waals surface area contributed by atoms with Gasteiger partial charge in [-0.25, -0.2) is 9.78 Å². The lowest BCUT2D eigenvalue weighted by Gasteiger charge is -2.25. The molecule has 1 aromatic heterocycles. The fourth-order valence-corrected chi connectivity index (χ4v) is 5.04. The first kappa shape index (κ1) is 25.0. The molecule has 2 heterocycles. The van der Waals surface area contributed by atoms with E-state index in [1.165, 1.54) is 0 Å². The van der Waals surface area contributed by atoms with E-state index < -0.39 is 11.9 Å². The average molecular weight is 481 g/mol. The van der Waals surface area contributed by atoms with Crippen molar-refractivity contribution < 1.29 is 19.1 Å². The highest BCUT2D eigenvalue weighted by atomic mass is 16.5. The molecule has 1 saturated heterocycles. The van der Waals surface area contributed by atoms with Gasteiger partial charge in [-0.15, -0.1) is 0 Å². The second-order valence-electron chi connectivity index (χ2n) is 9.43. The molecule has 1 saturated carbocycles. The van der Waals surface area contributed by atoms with Crippen LogP contribution in [0.15, 0.2) is 36.4 Å². The molecule has 0 spiro atoms. The summed E-state index contributed by atoms with van der Waals surface area (Å²) < 4.78 is 11.5. The largest absolute Gasteiger partial charge is 0.481 e. The van der Waals surface area contributed by atoms with Gasteiger partial charge in [0.15, 0.2) is 0 Å². The number of unbranched alkanes of at least 4 members (excludes halogenated alkanes) is 1. The number of benzene rings is 1. The molecular weight excluding hydrogens is 444 g/mol. The Morgan fingerprint density at radius 3 is 2.83 bits per heavy atom. The predicted octanol–water partition coefficient (Wildman–Crippen LogP) is 3.88. The molecule has 1 aliphatic heterocycles. The molecular formula is C27H36N4O4. The lowest BCUT2D eigenvalue weighted by molar-refractivity contribution is -0.121. The zero-order valence-electron chi connectivity index (χ0n) is 20.4. The Balaban J connectivity index is 1.18. The van der Waals surface area contributed by atoms with E-state index in [0.29, 0.717) is 25.6 Å². The van der Waals surface area contributed by atoms with Gasteiger partial charge in [-0.2, -0.15) is 0 Å². The monoisotopic (exact) mass is 480 g/mol. The SMILES string of the molecule is COc1nc2ccccc2cc1/C=C/CCCO[C@H]1CCN(C(=O)N[C@H](C(N)=O)C2CCCC2)C1. The first-order valence-electron chi connectivity index (χ1n) is 12.6. The van der Waals surface area contributed by atoms with Crippen molar-refractivity contribution in [3.05, 3.63) is 42.0 Å². The summed E-state index contributed by atoms with van der Waals surface area (Å²) >= 11 is 0. The standard InChI is InChI=1S/C27H36N4O4/c1-34-26-21(17-20-11-6-7-13-23(20)29-26)12-3-2-8-16-35-22-14-15-31(18-22)27(33)30-24(25(28)32)19-9-4-5-10-19/h3,6-7,11-13,17,19,22,24H,2,4-5,8-10,14-16,18H2,1H3,(H2,28,32)(H,30,33)/b12-3+/t22-,24-/m0/s1. The van der Waals surface area contributed by atoms with Gasteiger partial charge in [-0.3, -0.25) is 4.79 Å². The van der Waals surface area contributed by atoms with Gasteiger partial charge in [0.1, 0.15) is 6.04 Å². The summed E-state index contributed by atoms with van der Waals surface area (Å²) in [6.45, 7) is 1.79. The van der Waals surface area contributed by atoms with Crippen molar-refractivity contribution in [3.63, 3.8) is 0 Å². The third-order valence-electron chi connectivity index (χ3n) is 6.97. The van der Waals surface area contributed by atoms with E-state index in [4.69, 9.17) is 15.2 Å². The van der Waals surface area contributed by atoms with Crippen LogP contribution in [-0.4, -0.2) is 60.8 Å². The number of amides is 3. The van der Waals surface area contributed by atoms with E-state index in [1.54, 1.807) is 12.0 Å². The summed E-state index contributed by atoms with van der Waals surface area (Å²) in [6, 6.07) is 9.28. The van der Waals surface area contributed by atoms with Gasteiger partial charge >= 0.3 is 6.03 Å². The first-order chi connectivity index (χ1) is 17.0. The van der Waals surface area contributed by atoms with Crippen LogP contribution >= 0.6 is 0 Å². The van der Waals surface area contributed by atoms with Crippen LogP contribution in [0.3, 0.4) is 0 Å². The highest BCUT2D eigenvalue weighted by Crippen LogP contribution is 2.28. The predicted molar refractivity (Wildman–Crippen MR) is 136 cm³/mol. The van der Waals surface area contributed by atoms with E-state index >= 15 is 0 Å². The lowest BCUT2D eigenvalue weighted by atomic mass is 9.98. The Morgan fingerprint density at radius 1 is 1.26 bits per heavy atom. The van der Waals surface area contributed by atoms with Crippen molar-refractivity contribution in [2.45, 2.75) is 57.1 Å². The molecule has 0 bridgehead atoms. The summed E-state index contributed by atoms with van der Waals surface area (Å²) in [7, 11) is 1.64. The van der Waals surface area contributed by atoms with Crippen LogP contribution in [0.25, 0.3) is 17.0 Å². The number of urea groups is 1. The van der Waals surface area contributed by atoms with Crippen molar-refractivity contribution in [1.29, 1.82) is 0 Å². The molecule has 3 amide bonds. The van der Waals surface area contributed by atoms with Crippen LogP contribution in [0.4, 0.5) is 4.79 Å². The molecule has 1 aliphatic carbocycles. The number of carbonyl (C=O) groups excluding carboxylic acids is 2. The Bertz CT molecular complexity index is 1050. The maximum atomic E-state index is 12.7. The van der Waals surface area contributed by atoms with E-state index in [2.05, 4.69) is 22.4 Å². The molecule has 2 atom stereocenters. The summed E-state index contributed by atoms with van der Waals surface area (Å²) in [5, 5.41) is 3.95. The third kappa shape index (κ3) is 6.51. The quantitative estimate of drug-likeness (QED) is 0.502. The molecule has 188 valence electrons. The van der Waals surface area contributed by atoms with Crippen LogP contribution in [0.1, 0.15) is 50.5 Å². The number of rotatable bonds is 10. The number of ether oxygens (including phenoxy) is 2. The number of allylic oxidation sites excluding steroid dienone is 1. The molecule has 1 aromatic carbocycles. The molecule has 2 fully saturated rings. The fourth-order valence-electron chi connectivity index (χ4n) is 5.04. The van der Waals surface area contributed by atoms with Gasteiger partial charge in [0.25, 0.3) is 0 Å². The lowest BCUT2D eigenvalue weighted by Crippen LogP contribution is -2.52. The van der Waals surface area contributed by atoms with Gasteiger partial charge in [0.2, 0.25) is 11.8 Å². The van der Waals surface area contributed by atoms with Gasteiger partial charge < -0.3 is 25.4 Å². The van der Waals surface area contributed by atoms with Gasteiger partial charge in [-0.1, -0.05) is 43.2 Å². The minimum absolute atomic E-state index is 0.0213.